The molecule has 82 valence electrons. The third-order valence-electron chi connectivity index (χ3n) is 2.17. The summed E-state index contributed by atoms with van der Waals surface area (Å²) in [5.41, 5.74) is 6.36. The number of aromatic hydroxyl groups is 1. The molecule has 0 amide bonds. The SMILES string of the molecule is CCc1cc(Br)cc(C(N)C(=O)O)c1O. The molecule has 0 aromatic heterocycles. The van der Waals surface area contributed by atoms with Gasteiger partial charge in [0.25, 0.3) is 0 Å². The van der Waals surface area contributed by atoms with Crippen LogP contribution in [0.5, 0.6) is 5.75 Å². The van der Waals surface area contributed by atoms with Gasteiger partial charge in [-0.3, -0.25) is 4.79 Å². The molecular formula is C10H12BrNO3. The van der Waals surface area contributed by atoms with Crippen molar-refractivity contribution in [3.63, 3.8) is 0 Å². The number of nitrogens with two attached hydrogens (primary N) is 1. The van der Waals surface area contributed by atoms with Crippen LogP contribution in [0.25, 0.3) is 0 Å². The summed E-state index contributed by atoms with van der Waals surface area (Å²) in [6.07, 6.45) is 0.616. The Morgan fingerprint density at radius 3 is 2.67 bits per heavy atom. The summed E-state index contributed by atoms with van der Waals surface area (Å²) in [5.74, 6) is -1.19. The van der Waals surface area contributed by atoms with Gasteiger partial charge < -0.3 is 15.9 Å². The van der Waals surface area contributed by atoms with E-state index in [1.54, 1.807) is 6.07 Å². The van der Waals surface area contributed by atoms with Crippen molar-refractivity contribution in [2.75, 3.05) is 0 Å². The Morgan fingerprint density at radius 2 is 2.20 bits per heavy atom. The topological polar surface area (TPSA) is 83.6 Å². The molecule has 1 atom stereocenters. The maximum atomic E-state index is 10.7. The Bertz CT molecular complexity index is 392. The number of phenolic OH excluding ortho intramolecular Hbond substituents is 1. The fourth-order valence-corrected chi connectivity index (χ4v) is 1.84. The van der Waals surface area contributed by atoms with E-state index in [4.69, 9.17) is 10.8 Å². The molecule has 0 spiro atoms. The minimum atomic E-state index is -1.20. The van der Waals surface area contributed by atoms with Gasteiger partial charge in [-0.15, -0.1) is 0 Å². The summed E-state index contributed by atoms with van der Waals surface area (Å²) in [6, 6.07) is 2.06. The van der Waals surface area contributed by atoms with E-state index < -0.39 is 12.0 Å². The lowest BCUT2D eigenvalue weighted by Crippen LogP contribution is -2.21. The lowest BCUT2D eigenvalue weighted by atomic mass is 10.0. The van der Waals surface area contributed by atoms with E-state index in [0.29, 0.717) is 16.5 Å². The van der Waals surface area contributed by atoms with Gasteiger partial charge >= 0.3 is 5.97 Å². The number of hydrogen-bond acceptors (Lipinski definition) is 3. The lowest BCUT2D eigenvalue weighted by molar-refractivity contribution is -0.138. The summed E-state index contributed by atoms with van der Waals surface area (Å²) in [6.45, 7) is 1.87. The van der Waals surface area contributed by atoms with Crippen LogP contribution in [-0.4, -0.2) is 16.2 Å². The number of halogens is 1. The van der Waals surface area contributed by atoms with Crippen molar-refractivity contribution >= 4 is 21.9 Å². The van der Waals surface area contributed by atoms with Gasteiger partial charge in [-0.25, -0.2) is 0 Å². The maximum Gasteiger partial charge on any atom is 0.325 e. The molecule has 0 heterocycles. The molecule has 1 aromatic carbocycles. The quantitative estimate of drug-likeness (QED) is 0.784. The van der Waals surface area contributed by atoms with Crippen molar-refractivity contribution in [1.29, 1.82) is 0 Å². The number of carboxylic acid groups (broad SMARTS) is 1. The van der Waals surface area contributed by atoms with Crippen LogP contribution in [0.1, 0.15) is 24.1 Å². The van der Waals surface area contributed by atoms with Gasteiger partial charge in [0, 0.05) is 10.0 Å². The van der Waals surface area contributed by atoms with Crippen LogP contribution < -0.4 is 5.73 Å². The molecule has 4 nitrogen and oxygen atoms in total. The van der Waals surface area contributed by atoms with Gasteiger partial charge in [0.05, 0.1) is 0 Å². The van der Waals surface area contributed by atoms with Crippen LogP contribution in [0.2, 0.25) is 0 Å². The Labute approximate surface area is 95.8 Å². The van der Waals surface area contributed by atoms with Gasteiger partial charge in [-0.2, -0.15) is 0 Å². The third kappa shape index (κ3) is 2.49. The second kappa shape index (κ2) is 4.63. The van der Waals surface area contributed by atoms with E-state index in [-0.39, 0.29) is 11.3 Å². The van der Waals surface area contributed by atoms with E-state index >= 15 is 0 Å². The zero-order chi connectivity index (χ0) is 11.6. The standard InChI is InChI=1S/C10H12BrNO3/c1-2-5-3-6(11)4-7(9(5)13)8(12)10(14)15/h3-4,8,13H,2,12H2,1H3,(H,14,15). The number of carboxylic acids is 1. The third-order valence-corrected chi connectivity index (χ3v) is 2.62. The first-order valence-electron chi connectivity index (χ1n) is 4.47. The van der Waals surface area contributed by atoms with Crippen molar-refractivity contribution in [1.82, 2.24) is 0 Å². The molecule has 15 heavy (non-hydrogen) atoms. The second-order valence-corrected chi connectivity index (χ2v) is 4.09. The first kappa shape index (κ1) is 12.0. The van der Waals surface area contributed by atoms with Crippen molar-refractivity contribution in [3.05, 3.63) is 27.7 Å². The average Bonchev–Trinajstić information content (AvgIpc) is 2.19. The van der Waals surface area contributed by atoms with Crippen molar-refractivity contribution in [2.45, 2.75) is 19.4 Å². The van der Waals surface area contributed by atoms with Gasteiger partial charge in [-0.05, 0) is 24.1 Å². The first-order valence-corrected chi connectivity index (χ1v) is 5.26. The zero-order valence-corrected chi connectivity index (χ0v) is 9.78. The molecule has 4 N–H and O–H groups in total. The average molecular weight is 274 g/mol. The van der Waals surface area contributed by atoms with Crippen molar-refractivity contribution in [3.8, 4) is 5.75 Å². The molecule has 0 fully saturated rings. The predicted octanol–water partition coefficient (Wildman–Crippen LogP) is 1.80. The molecule has 5 heteroatoms. The van der Waals surface area contributed by atoms with Crippen LogP contribution in [0.15, 0.2) is 16.6 Å². The number of aryl methyl sites for hydroxylation is 1. The minimum Gasteiger partial charge on any atom is -0.507 e. The van der Waals surface area contributed by atoms with E-state index in [1.807, 2.05) is 6.92 Å². The van der Waals surface area contributed by atoms with Crippen LogP contribution >= 0.6 is 15.9 Å². The van der Waals surface area contributed by atoms with Gasteiger partial charge in [0.15, 0.2) is 0 Å². The first-order chi connectivity index (χ1) is 6.97. The predicted molar refractivity (Wildman–Crippen MR) is 59.7 cm³/mol. The molecule has 1 unspecified atom stereocenters. The van der Waals surface area contributed by atoms with Crippen LogP contribution in [0.4, 0.5) is 0 Å². The highest BCUT2D eigenvalue weighted by atomic mass is 79.9. The molecule has 0 aliphatic heterocycles. The summed E-state index contributed by atoms with van der Waals surface area (Å²) >= 11 is 3.25. The number of carbonyl (C=O) groups is 1. The fourth-order valence-electron chi connectivity index (χ4n) is 1.32. The highest BCUT2D eigenvalue weighted by molar-refractivity contribution is 9.10. The molecular weight excluding hydrogens is 262 g/mol. The van der Waals surface area contributed by atoms with E-state index in [2.05, 4.69) is 15.9 Å². The summed E-state index contributed by atoms with van der Waals surface area (Å²) in [4.78, 5) is 10.7. The van der Waals surface area contributed by atoms with Crippen LogP contribution in [0.3, 0.4) is 0 Å². The zero-order valence-electron chi connectivity index (χ0n) is 8.20. The number of hydrogen-bond donors (Lipinski definition) is 3. The Morgan fingerprint density at radius 1 is 1.60 bits per heavy atom. The number of benzene rings is 1. The van der Waals surface area contributed by atoms with Crippen LogP contribution in [-0.2, 0) is 11.2 Å². The molecule has 1 rings (SSSR count). The smallest absolute Gasteiger partial charge is 0.325 e. The fraction of sp³-hybridized carbons (Fsp3) is 0.300. The second-order valence-electron chi connectivity index (χ2n) is 3.17. The molecule has 0 radical (unpaired) electrons. The highest BCUT2D eigenvalue weighted by Gasteiger charge is 2.20. The molecule has 0 aliphatic rings. The maximum absolute atomic E-state index is 10.7. The monoisotopic (exact) mass is 273 g/mol. The summed E-state index contributed by atoms with van der Waals surface area (Å²) < 4.78 is 0.712. The summed E-state index contributed by atoms with van der Waals surface area (Å²) in [5, 5.41) is 18.5. The Balaban J connectivity index is 3.28. The highest BCUT2D eigenvalue weighted by Crippen LogP contribution is 2.31. The van der Waals surface area contributed by atoms with E-state index in [0.717, 1.165) is 0 Å². The number of rotatable bonds is 3. The largest absolute Gasteiger partial charge is 0.507 e. The normalized spacial score (nSPS) is 12.5. The molecule has 0 saturated carbocycles. The number of phenols is 1. The van der Waals surface area contributed by atoms with Crippen LogP contribution in [0, 0.1) is 0 Å². The van der Waals surface area contributed by atoms with Gasteiger partial charge in [0.2, 0.25) is 0 Å². The molecule has 0 aliphatic carbocycles. The Hall–Kier alpha value is -1.07. The minimum absolute atomic E-state index is 0.0319. The van der Waals surface area contributed by atoms with Gasteiger partial charge in [-0.1, -0.05) is 22.9 Å². The number of aliphatic carboxylic acids is 1. The van der Waals surface area contributed by atoms with Crippen molar-refractivity contribution < 1.29 is 15.0 Å². The van der Waals surface area contributed by atoms with Crippen molar-refractivity contribution in [2.24, 2.45) is 5.73 Å². The lowest BCUT2D eigenvalue weighted by Gasteiger charge is -2.12. The Kier molecular flexibility index (Phi) is 3.71. The van der Waals surface area contributed by atoms with E-state index in [9.17, 15) is 9.90 Å². The molecule has 0 saturated heterocycles. The molecule has 0 bridgehead atoms. The molecule has 1 aromatic rings. The van der Waals surface area contributed by atoms with E-state index in [1.165, 1.54) is 6.07 Å². The van der Waals surface area contributed by atoms with Gasteiger partial charge in [0.1, 0.15) is 11.8 Å². The summed E-state index contributed by atoms with van der Waals surface area (Å²) in [7, 11) is 0.